The van der Waals surface area contributed by atoms with Crippen LogP contribution in [0.15, 0.2) is 60.9 Å². The third kappa shape index (κ3) is 5.58. The van der Waals surface area contributed by atoms with Crippen LogP contribution in [0.25, 0.3) is 0 Å². The summed E-state index contributed by atoms with van der Waals surface area (Å²) >= 11 is 0. The van der Waals surface area contributed by atoms with Crippen molar-refractivity contribution in [3.05, 3.63) is 66.5 Å². The fourth-order valence-corrected chi connectivity index (χ4v) is 2.40. The fraction of sp³-hybridized carbons (Fsp3) is 0.190. The van der Waals surface area contributed by atoms with Crippen LogP contribution in [-0.4, -0.2) is 22.5 Å². The number of anilines is 5. The van der Waals surface area contributed by atoms with Crippen LogP contribution < -0.4 is 21.9 Å². The number of hydrogen-bond donors (Lipinski definition) is 4. The van der Waals surface area contributed by atoms with Crippen molar-refractivity contribution in [1.82, 2.24) is 9.97 Å². The zero-order valence-electron chi connectivity index (χ0n) is 16.3. The van der Waals surface area contributed by atoms with E-state index in [1.807, 2.05) is 44.2 Å². The molecule has 1 heterocycles. The van der Waals surface area contributed by atoms with Gasteiger partial charge in [0.25, 0.3) is 0 Å². The Labute approximate surface area is 169 Å². The molecule has 0 radical (unpaired) electrons. The van der Waals surface area contributed by atoms with Gasteiger partial charge in [-0.05, 0) is 42.3 Å². The molecule has 0 aliphatic carbocycles. The summed E-state index contributed by atoms with van der Waals surface area (Å²) in [6.07, 6.45) is 1.41. The number of benzene rings is 2. The third-order valence-corrected chi connectivity index (χ3v) is 3.91. The summed E-state index contributed by atoms with van der Waals surface area (Å²) in [7, 11) is 0. The molecular weight excluding hydrogens is 368 g/mol. The predicted octanol–water partition coefficient (Wildman–Crippen LogP) is 4.05. The van der Waals surface area contributed by atoms with E-state index in [1.54, 1.807) is 24.3 Å². The Morgan fingerprint density at radius 1 is 0.966 bits per heavy atom. The number of nitrogen functional groups attached to an aromatic ring is 1. The van der Waals surface area contributed by atoms with Gasteiger partial charge in [0.05, 0.1) is 17.9 Å². The average Bonchev–Trinajstić information content (AvgIpc) is 2.74. The standard InChI is InChI=1S/C21H24N6O2/c1-14(2)12-29-21(28)15-8-10-16(11-9-15)25-19-18(22)20(24-13-23-19)27-26-17-6-4-3-5-7-17/h3-11,13-14,26H,12,22H2,1-2H3,(H2,23,24,25,27). The number of aromatic nitrogens is 2. The molecule has 3 aromatic rings. The number of nitrogens with two attached hydrogens (primary N) is 1. The van der Waals surface area contributed by atoms with Crippen LogP contribution in [0.3, 0.4) is 0 Å². The number of hydrogen-bond acceptors (Lipinski definition) is 8. The van der Waals surface area contributed by atoms with E-state index < -0.39 is 0 Å². The van der Waals surface area contributed by atoms with Gasteiger partial charge in [0.15, 0.2) is 11.6 Å². The van der Waals surface area contributed by atoms with E-state index in [0.29, 0.717) is 35.4 Å². The molecule has 0 aliphatic rings. The molecule has 8 heteroatoms. The van der Waals surface area contributed by atoms with E-state index in [0.717, 1.165) is 11.4 Å². The number of esters is 1. The van der Waals surface area contributed by atoms with Gasteiger partial charge in [0.2, 0.25) is 0 Å². The molecule has 0 aliphatic heterocycles. The van der Waals surface area contributed by atoms with Crippen molar-refractivity contribution in [1.29, 1.82) is 0 Å². The minimum Gasteiger partial charge on any atom is -0.462 e. The highest BCUT2D eigenvalue weighted by Crippen LogP contribution is 2.26. The predicted molar refractivity (Wildman–Crippen MR) is 115 cm³/mol. The minimum atomic E-state index is -0.342. The first-order valence-corrected chi connectivity index (χ1v) is 9.24. The highest BCUT2D eigenvalue weighted by Gasteiger charge is 2.10. The van der Waals surface area contributed by atoms with E-state index in [9.17, 15) is 4.79 Å². The van der Waals surface area contributed by atoms with E-state index in [-0.39, 0.29) is 5.97 Å². The van der Waals surface area contributed by atoms with Gasteiger partial charge < -0.3 is 15.8 Å². The Morgan fingerprint density at radius 3 is 2.34 bits per heavy atom. The first-order chi connectivity index (χ1) is 14.0. The van der Waals surface area contributed by atoms with Gasteiger partial charge in [-0.2, -0.15) is 0 Å². The maximum atomic E-state index is 12.0. The largest absolute Gasteiger partial charge is 0.462 e. The second-order valence-electron chi connectivity index (χ2n) is 6.80. The maximum absolute atomic E-state index is 12.0. The lowest BCUT2D eigenvalue weighted by molar-refractivity contribution is 0.0459. The lowest BCUT2D eigenvalue weighted by Crippen LogP contribution is -2.13. The van der Waals surface area contributed by atoms with Gasteiger partial charge in [0, 0.05) is 5.69 Å². The van der Waals surface area contributed by atoms with Gasteiger partial charge in [-0.15, -0.1) is 0 Å². The second kappa shape index (κ2) is 9.41. The molecule has 29 heavy (non-hydrogen) atoms. The molecule has 150 valence electrons. The van der Waals surface area contributed by atoms with Crippen molar-refractivity contribution in [2.24, 2.45) is 5.92 Å². The molecule has 0 saturated heterocycles. The summed E-state index contributed by atoms with van der Waals surface area (Å²) < 4.78 is 5.23. The number of hydrazine groups is 1. The number of nitrogens with one attached hydrogen (secondary N) is 3. The molecule has 0 bridgehead atoms. The third-order valence-electron chi connectivity index (χ3n) is 3.91. The summed E-state index contributed by atoms with van der Waals surface area (Å²) in [5.74, 6) is 0.845. The van der Waals surface area contributed by atoms with Crippen LogP contribution in [-0.2, 0) is 4.74 Å². The van der Waals surface area contributed by atoms with Crippen LogP contribution >= 0.6 is 0 Å². The molecule has 0 fully saturated rings. The molecule has 1 aromatic heterocycles. The molecular formula is C21H24N6O2. The van der Waals surface area contributed by atoms with Crippen LogP contribution in [0.1, 0.15) is 24.2 Å². The number of carbonyl (C=O) groups is 1. The van der Waals surface area contributed by atoms with Crippen molar-refractivity contribution in [3.8, 4) is 0 Å². The average molecular weight is 392 g/mol. The molecule has 5 N–H and O–H groups in total. The van der Waals surface area contributed by atoms with E-state index in [1.165, 1.54) is 6.33 Å². The molecule has 0 spiro atoms. The van der Waals surface area contributed by atoms with Crippen molar-refractivity contribution in [2.45, 2.75) is 13.8 Å². The number of nitrogens with zero attached hydrogens (tertiary/aromatic N) is 2. The maximum Gasteiger partial charge on any atom is 0.338 e. The number of ether oxygens (including phenoxy) is 1. The van der Waals surface area contributed by atoms with Crippen molar-refractivity contribution in [3.63, 3.8) is 0 Å². The number of rotatable bonds is 8. The molecule has 0 saturated carbocycles. The van der Waals surface area contributed by atoms with Crippen molar-refractivity contribution < 1.29 is 9.53 Å². The van der Waals surface area contributed by atoms with Gasteiger partial charge in [0.1, 0.15) is 12.0 Å². The lowest BCUT2D eigenvalue weighted by atomic mass is 10.2. The van der Waals surface area contributed by atoms with E-state index in [4.69, 9.17) is 10.5 Å². The minimum absolute atomic E-state index is 0.291. The quantitative estimate of drug-likeness (QED) is 0.335. The van der Waals surface area contributed by atoms with Gasteiger partial charge in [-0.25, -0.2) is 14.8 Å². The van der Waals surface area contributed by atoms with Crippen molar-refractivity contribution >= 4 is 34.7 Å². The summed E-state index contributed by atoms with van der Waals surface area (Å²) in [5, 5.41) is 3.13. The number of para-hydroxylation sites is 1. The first-order valence-electron chi connectivity index (χ1n) is 9.24. The van der Waals surface area contributed by atoms with Crippen LogP contribution in [0.4, 0.5) is 28.7 Å². The van der Waals surface area contributed by atoms with Crippen molar-refractivity contribution in [2.75, 3.05) is 28.5 Å². The normalized spacial score (nSPS) is 10.4. The SMILES string of the molecule is CC(C)COC(=O)c1ccc(Nc2ncnc(NNc3ccccc3)c2N)cc1. The molecule has 0 amide bonds. The Bertz CT molecular complexity index is 945. The highest BCUT2D eigenvalue weighted by atomic mass is 16.5. The Kier molecular flexibility index (Phi) is 6.47. The summed E-state index contributed by atoms with van der Waals surface area (Å²) in [5.41, 5.74) is 14.6. The van der Waals surface area contributed by atoms with Gasteiger partial charge in [-0.1, -0.05) is 32.0 Å². The zero-order chi connectivity index (χ0) is 20.6. The molecule has 0 atom stereocenters. The van der Waals surface area contributed by atoms with Crippen LogP contribution in [0.5, 0.6) is 0 Å². The summed E-state index contributed by atoms with van der Waals surface area (Å²) in [4.78, 5) is 20.4. The highest BCUT2D eigenvalue weighted by molar-refractivity contribution is 5.90. The Hall–Kier alpha value is -3.81. The van der Waals surface area contributed by atoms with Crippen LogP contribution in [0.2, 0.25) is 0 Å². The number of carbonyl (C=O) groups excluding carboxylic acids is 1. The topological polar surface area (TPSA) is 114 Å². The zero-order valence-corrected chi connectivity index (χ0v) is 16.3. The smallest absolute Gasteiger partial charge is 0.338 e. The molecule has 0 unspecified atom stereocenters. The van der Waals surface area contributed by atoms with Crippen LogP contribution in [0, 0.1) is 5.92 Å². The lowest BCUT2D eigenvalue weighted by Gasteiger charge is -2.14. The molecule has 2 aromatic carbocycles. The summed E-state index contributed by atoms with van der Waals surface area (Å²) in [6.45, 7) is 4.37. The van der Waals surface area contributed by atoms with E-state index >= 15 is 0 Å². The molecule has 8 nitrogen and oxygen atoms in total. The Morgan fingerprint density at radius 2 is 1.66 bits per heavy atom. The fourth-order valence-electron chi connectivity index (χ4n) is 2.40. The molecule has 3 rings (SSSR count). The van der Waals surface area contributed by atoms with Gasteiger partial charge in [-0.3, -0.25) is 10.9 Å². The Balaban J connectivity index is 1.65. The first kappa shape index (κ1) is 19.9. The van der Waals surface area contributed by atoms with Gasteiger partial charge >= 0.3 is 5.97 Å². The summed E-state index contributed by atoms with van der Waals surface area (Å²) in [6, 6.07) is 16.5. The second-order valence-corrected chi connectivity index (χ2v) is 6.80. The van der Waals surface area contributed by atoms with E-state index in [2.05, 4.69) is 26.1 Å². The monoisotopic (exact) mass is 392 g/mol.